The summed E-state index contributed by atoms with van der Waals surface area (Å²) < 4.78 is 10.2. The molecule has 1 atom stereocenters. The van der Waals surface area contributed by atoms with Gasteiger partial charge in [0.15, 0.2) is 6.10 Å². The Hall–Kier alpha value is -3.22. The minimum absolute atomic E-state index is 0.0843. The number of methoxy groups -OCH3 is 1. The van der Waals surface area contributed by atoms with Gasteiger partial charge in [-0.15, -0.1) is 0 Å². The van der Waals surface area contributed by atoms with Crippen LogP contribution in [0.3, 0.4) is 0 Å². The van der Waals surface area contributed by atoms with E-state index >= 15 is 0 Å². The van der Waals surface area contributed by atoms with Crippen molar-refractivity contribution in [1.29, 1.82) is 0 Å². The van der Waals surface area contributed by atoms with Crippen LogP contribution in [0.1, 0.15) is 33.2 Å². The molecule has 130 valence electrons. The first-order valence-electron chi connectivity index (χ1n) is 7.47. The minimum Gasteiger partial charge on any atom is -0.497 e. The zero-order valence-corrected chi connectivity index (χ0v) is 14.0. The van der Waals surface area contributed by atoms with Crippen molar-refractivity contribution >= 4 is 17.4 Å². The molecule has 0 amide bonds. The number of nitro groups is 1. The average molecular weight is 343 g/mol. The lowest BCUT2D eigenvalue weighted by atomic mass is 10.1. The van der Waals surface area contributed by atoms with Crippen molar-refractivity contribution in [3.8, 4) is 5.75 Å². The van der Waals surface area contributed by atoms with Crippen LogP contribution in [0.4, 0.5) is 5.69 Å². The minimum atomic E-state index is -0.989. The molecule has 0 saturated carbocycles. The van der Waals surface area contributed by atoms with Crippen LogP contribution in [0, 0.1) is 17.0 Å². The summed E-state index contributed by atoms with van der Waals surface area (Å²) in [6.07, 6.45) is -0.989. The van der Waals surface area contributed by atoms with Gasteiger partial charge in [0.2, 0.25) is 5.78 Å². The van der Waals surface area contributed by atoms with Crippen LogP contribution >= 0.6 is 0 Å². The van der Waals surface area contributed by atoms with Crippen LogP contribution in [-0.4, -0.2) is 29.9 Å². The predicted octanol–water partition coefficient (Wildman–Crippen LogP) is 3.34. The van der Waals surface area contributed by atoms with Crippen molar-refractivity contribution in [2.75, 3.05) is 7.11 Å². The number of carbonyl (C=O) groups excluding carboxylic acids is 2. The monoisotopic (exact) mass is 343 g/mol. The molecule has 0 aliphatic rings. The molecule has 7 heteroatoms. The van der Waals surface area contributed by atoms with E-state index in [9.17, 15) is 19.7 Å². The highest BCUT2D eigenvalue weighted by molar-refractivity contribution is 6.01. The van der Waals surface area contributed by atoms with Crippen LogP contribution in [0.2, 0.25) is 0 Å². The number of hydrogen-bond donors (Lipinski definition) is 0. The number of ketones is 1. The van der Waals surface area contributed by atoms with Gasteiger partial charge in [0.1, 0.15) is 5.75 Å². The summed E-state index contributed by atoms with van der Waals surface area (Å²) in [5.41, 5.74) is 0.797. The molecule has 0 heterocycles. The highest BCUT2D eigenvalue weighted by atomic mass is 16.6. The lowest BCUT2D eigenvalue weighted by Crippen LogP contribution is -2.24. The summed E-state index contributed by atoms with van der Waals surface area (Å²) in [7, 11) is 1.52. The summed E-state index contributed by atoms with van der Waals surface area (Å²) in [5.74, 6) is -0.454. The van der Waals surface area contributed by atoms with Crippen molar-refractivity contribution in [2.45, 2.75) is 20.0 Å². The Kier molecular flexibility index (Phi) is 5.49. The first kappa shape index (κ1) is 18.1. The van der Waals surface area contributed by atoms with Crippen molar-refractivity contribution in [3.63, 3.8) is 0 Å². The lowest BCUT2D eigenvalue weighted by molar-refractivity contribution is -0.385. The molecule has 25 heavy (non-hydrogen) atoms. The third-order valence-corrected chi connectivity index (χ3v) is 3.66. The molecule has 0 aliphatic heterocycles. The second-order valence-electron chi connectivity index (χ2n) is 5.40. The van der Waals surface area contributed by atoms with E-state index in [1.54, 1.807) is 24.3 Å². The standard InChI is InChI=1S/C18H17NO6/c1-11-10-14(6-9-16(11)19(22)23)18(21)25-12(2)17(20)13-4-7-15(24-3)8-5-13/h4-10,12H,1-3H3/t12-/m0/s1. The molecule has 0 fully saturated rings. The van der Waals surface area contributed by atoms with Crippen LogP contribution in [0.15, 0.2) is 42.5 Å². The number of nitro benzene ring substituents is 1. The quantitative estimate of drug-likeness (QED) is 0.345. The molecule has 2 rings (SSSR count). The third kappa shape index (κ3) is 4.20. The van der Waals surface area contributed by atoms with Crippen LogP contribution in [-0.2, 0) is 4.74 Å². The normalized spacial score (nSPS) is 11.5. The summed E-state index contributed by atoms with van der Waals surface area (Å²) in [6.45, 7) is 3.00. The van der Waals surface area contributed by atoms with E-state index in [1.165, 1.54) is 39.2 Å². The maximum atomic E-state index is 12.3. The molecular weight excluding hydrogens is 326 g/mol. The Labute approximate surface area is 144 Å². The van der Waals surface area contributed by atoms with Gasteiger partial charge in [-0.3, -0.25) is 14.9 Å². The van der Waals surface area contributed by atoms with Gasteiger partial charge in [-0.2, -0.15) is 0 Å². The zero-order chi connectivity index (χ0) is 18.6. The topological polar surface area (TPSA) is 95.7 Å². The van der Waals surface area contributed by atoms with Crippen molar-refractivity contribution in [2.24, 2.45) is 0 Å². The van der Waals surface area contributed by atoms with E-state index in [-0.39, 0.29) is 17.0 Å². The fraction of sp³-hybridized carbons (Fsp3) is 0.222. The maximum absolute atomic E-state index is 12.3. The SMILES string of the molecule is COc1ccc(C(=O)[C@H](C)OC(=O)c2ccc([N+](=O)[O-])c(C)c2)cc1. The van der Waals surface area contributed by atoms with Gasteiger partial charge < -0.3 is 9.47 Å². The molecule has 0 N–H and O–H groups in total. The molecule has 0 unspecified atom stereocenters. The summed E-state index contributed by atoms with van der Waals surface area (Å²) >= 11 is 0. The van der Waals surface area contributed by atoms with Gasteiger partial charge in [0.05, 0.1) is 17.6 Å². The number of hydrogen-bond acceptors (Lipinski definition) is 6. The van der Waals surface area contributed by atoms with Crippen molar-refractivity contribution < 1.29 is 24.0 Å². The van der Waals surface area contributed by atoms with Crippen molar-refractivity contribution in [3.05, 3.63) is 69.3 Å². The summed E-state index contributed by atoms with van der Waals surface area (Å²) in [6, 6.07) is 10.4. The Balaban J connectivity index is 2.09. The van der Waals surface area contributed by atoms with Gasteiger partial charge in [-0.25, -0.2) is 4.79 Å². The smallest absolute Gasteiger partial charge is 0.338 e. The number of Topliss-reactive ketones (excluding diaryl/α,β-unsaturated/α-hetero) is 1. The van der Waals surface area contributed by atoms with E-state index < -0.39 is 17.0 Å². The fourth-order valence-electron chi connectivity index (χ4n) is 2.26. The molecule has 0 saturated heterocycles. The van der Waals surface area contributed by atoms with Gasteiger partial charge in [0.25, 0.3) is 5.69 Å². The van der Waals surface area contributed by atoms with Crippen LogP contribution in [0.5, 0.6) is 5.75 Å². The van der Waals surface area contributed by atoms with Gasteiger partial charge in [-0.05, 0) is 50.2 Å². The number of ether oxygens (including phenoxy) is 2. The molecule has 2 aromatic rings. The first-order valence-corrected chi connectivity index (χ1v) is 7.47. The van der Waals surface area contributed by atoms with E-state index in [0.29, 0.717) is 16.9 Å². The van der Waals surface area contributed by atoms with E-state index in [4.69, 9.17) is 9.47 Å². The predicted molar refractivity (Wildman–Crippen MR) is 90.0 cm³/mol. The highest BCUT2D eigenvalue weighted by Crippen LogP contribution is 2.20. The number of esters is 1. The van der Waals surface area contributed by atoms with E-state index in [0.717, 1.165) is 0 Å². The Morgan fingerprint density at radius 2 is 1.68 bits per heavy atom. The molecule has 0 spiro atoms. The largest absolute Gasteiger partial charge is 0.497 e. The van der Waals surface area contributed by atoms with Crippen molar-refractivity contribution in [1.82, 2.24) is 0 Å². The molecular formula is C18H17NO6. The van der Waals surface area contributed by atoms with E-state index in [1.807, 2.05) is 0 Å². The molecule has 0 aliphatic carbocycles. The van der Waals surface area contributed by atoms with E-state index in [2.05, 4.69) is 0 Å². The summed E-state index contributed by atoms with van der Waals surface area (Å²) in [5, 5.41) is 10.8. The number of rotatable bonds is 6. The third-order valence-electron chi connectivity index (χ3n) is 3.66. The van der Waals surface area contributed by atoms with Gasteiger partial charge in [0, 0.05) is 17.2 Å². The molecule has 0 aromatic heterocycles. The lowest BCUT2D eigenvalue weighted by Gasteiger charge is -2.13. The average Bonchev–Trinajstić information content (AvgIpc) is 2.60. The maximum Gasteiger partial charge on any atom is 0.338 e. The second-order valence-corrected chi connectivity index (χ2v) is 5.40. The molecule has 7 nitrogen and oxygen atoms in total. The Bertz CT molecular complexity index is 813. The molecule has 0 bridgehead atoms. The number of aryl methyl sites for hydroxylation is 1. The highest BCUT2D eigenvalue weighted by Gasteiger charge is 2.21. The van der Waals surface area contributed by atoms with Gasteiger partial charge in [-0.1, -0.05) is 0 Å². The first-order chi connectivity index (χ1) is 11.8. The fourth-order valence-corrected chi connectivity index (χ4v) is 2.26. The summed E-state index contributed by atoms with van der Waals surface area (Å²) in [4.78, 5) is 34.8. The zero-order valence-electron chi connectivity index (χ0n) is 14.0. The second kappa shape index (κ2) is 7.57. The Morgan fingerprint density at radius 3 is 2.20 bits per heavy atom. The number of nitrogens with zero attached hydrogens (tertiary/aromatic N) is 1. The molecule has 0 radical (unpaired) electrons. The number of benzene rings is 2. The van der Waals surface area contributed by atoms with Gasteiger partial charge >= 0.3 is 5.97 Å². The Morgan fingerprint density at radius 1 is 1.08 bits per heavy atom. The van der Waals surface area contributed by atoms with Crippen LogP contribution < -0.4 is 4.74 Å². The molecule has 2 aromatic carbocycles. The van der Waals surface area contributed by atoms with Crippen LogP contribution in [0.25, 0.3) is 0 Å². The number of carbonyl (C=O) groups is 2.